The molecular formula is C29H30BrClFNO5. The van der Waals surface area contributed by atoms with E-state index in [9.17, 15) is 23.6 Å². The maximum absolute atomic E-state index is 14.7. The van der Waals surface area contributed by atoms with Crippen molar-refractivity contribution < 1.29 is 28.3 Å². The van der Waals surface area contributed by atoms with E-state index in [4.69, 9.17) is 16.3 Å². The van der Waals surface area contributed by atoms with E-state index in [0.717, 1.165) is 17.7 Å². The van der Waals surface area contributed by atoms with Gasteiger partial charge in [-0.3, -0.25) is 24.1 Å². The SMILES string of the molecule is CC(C)[C@@H]1CC[C@@H](C)C[C@H]1OC(=O)[C@@]1(CC(=O)Cl)C(=O)N(Cc2ccc(Br)cc2F)C(=O)c2ccccc21. The van der Waals surface area contributed by atoms with Crippen molar-refractivity contribution in [2.45, 2.75) is 64.5 Å². The van der Waals surface area contributed by atoms with E-state index in [1.807, 2.05) is 0 Å². The molecule has 9 heteroatoms. The summed E-state index contributed by atoms with van der Waals surface area (Å²) in [6.45, 7) is 5.79. The lowest BCUT2D eigenvalue weighted by Crippen LogP contribution is -2.59. The highest BCUT2D eigenvalue weighted by molar-refractivity contribution is 9.10. The Morgan fingerprint density at radius 3 is 2.55 bits per heavy atom. The first-order valence-corrected chi connectivity index (χ1v) is 13.9. The summed E-state index contributed by atoms with van der Waals surface area (Å²) in [6.07, 6.45) is 1.36. The van der Waals surface area contributed by atoms with Gasteiger partial charge in [0.15, 0.2) is 5.41 Å². The van der Waals surface area contributed by atoms with Gasteiger partial charge in [-0.05, 0) is 66.0 Å². The minimum Gasteiger partial charge on any atom is -0.461 e. The summed E-state index contributed by atoms with van der Waals surface area (Å²) in [5, 5.41) is -0.924. The lowest BCUT2D eigenvalue weighted by atomic mass is 9.71. The molecule has 38 heavy (non-hydrogen) atoms. The van der Waals surface area contributed by atoms with Crippen molar-refractivity contribution >= 4 is 50.6 Å². The van der Waals surface area contributed by atoms with Gasteiger partial charge in [-0.25, -0.2) is 4.39 Å². The Kier molecular flexibility index (Phi) is 8.43. The minimum absolute atomic E-state index is 0.0666. The molecular weight excluding hydrogens is 577 g/mol. The number of benzene rings is 2. The third kappa shape index (κ3) is 5.30. The molecule has 202 valence electrons. The van der Waals surface area contributed by atoms with Gasteiger partial charge < -0.3 is 4.74 Å². The molecule has 1 fully saturated rings. The number of imide groups is 1. The molecule has 1 saturated carbocycles. The van der Waals surface area contributed by atoms with Crippen LogP contribution < -0.4 is 0 Å². The maximum atomic E-state index is 14.7. The van der Waals surface area contributed by atoms with E-state index < -0.39 is 53.3 Å². The van der Waals surface area contributed by atoms with Gasteiger partial charge >= 0.3 is 5.97 Å². The standard InChI is InChI=1S/C29H30BrClFNO5/c1-16(2)20-11-8-17(3)12-24(20)38-28(37)29(14-25(31)34)22-7-5-4-6-21(22)26(35)33(27(29)36)15-18-9-10-19(30)13-23(18)32/h4-7,9-10,13,16-17,20,24H,8,11-12,14-15H2,1-3H3/t17-,20+,24-,29-/m1/s1. The van der Waals surface area contributed by atoms with E-state index in [-0.39, 0.29) is 28.5 Å². The highest BCUT2D eigenvalue weighted by Gasteiger charge is 2.58. The van der Waals surface area contributed by atoms with E-state index in [2.05, 4.69) is 36.7 Å². The van der Waals surface area contributed by atoms with Crippen LogP contribution in [0.5, 0.6) is 0 Å². The van der Waals surface area contributed by atoms with Crippen LogP contribution in [0.3, 0.4) is 0 Å². The number of ether oxygens (including phenoxy) is 1. The van der Waals surface area contributed by atoms with Crippen LogP contribution >= 0.6 is 27.5 Å². The average Bonchev–Trinajstić information content (AvgIpc) is 2.85. The van der Waals surface area contributed by atoms with Crippen LogP contribution in [0.4, 0.5) is 4.39 Å². The molecule has 6 nitrogen and oxygen atoms in total. The third-order valence-corrected chi connectivity index (χ3v) is 8.42. The summed E-state index contributed by atoms with van der Waals surface area (Å²) in [6, 6.07) is 10.4. The van der Waals surface area contributed by atoms with Crippen molar-refractivity contribution in [3.63, 3.8) is 0 Å². The Morgan fingerprint density at radius 1 is 1.18 bits per heavy atom. The largest absolute Gasteiger partial charge is 0.461 e. The molecule has 0 aromatic heterocycles. The monoisotopic (exact) mass is 605 g/mol. The zero-order chi connectivity index (χ0) is 27.8. The normalized spacial score (nSPS) is 25.3. The Balaban J connectivity index is 1.81. The number of hydrogen-bond donors (Lipinski definition) is 0. The number of nitrogens with zero attached hydrogens (tertiary/aromatic N) is 1. The van der Waals surface area contributed by atoms with Gasteiger partial charge in [-0.1, -0.05) is 67.4 Å². The fraction of sp³-hybridized carbons (Fsp3) is 0.448. The van der Waals surface area contributed by atoms with Crippen molar-refractivity contribution in [2.75, 3.05) is 0 Å². The molecule has 1 aliphatic heterocycles. The van der Waals surface area contributed by atoms with Crippen LogP contribution in [0.1, 0.15) is 67.9 Å². The number of rotatable bonds is 7. The molecule has 0 bridgehead atoms. The highest BCUT2D eigenvalue weighted by atomic mass is 79.9. The van der Waals surface area contributed by atoms with E-state index in [1.54, 1.807) is 18.2 Å². The molecule has 4 rings (SSSR count). The number of fused-ring (bicyclic) bond motifs is 1. The van der Waals surface area contributed by atoms with Gasteiger partial charge in [-0.2, -0.15) is 0 Å². The Bertz CT molecular complexity index is 1280. The van der Waals surface area contributed by atoms with Gasteiger partial charge in [0.1, 0.15) is 11.9 Å². The second-order valence-electron chi connectivity index (χ2n) is 10.7. The number of halogens is 3. The first kappa shape index (κ1) is 28.4. The Hall–Kier alpha value is -2.58. The van der Waals surface area contributed by atoms with E-state index >= 15 is 0 Å². The number of carbonyl (C=O) groups excluding carboxylic acids is 4. The molecule has 0 radical (unpaired) electrons. The predicted molar refractivity (Wildman–Crippen MR) is 144 cm³/mol. The van der Waals surface area contributed by atoms with Gasteiger partial charge in [0.2, 0.25) is 5.24 Å². The van der Waals surface area contributed by atoms with Crippen LogP contribution in [0, 0.1) is 23.6 Å². The van der Waals surface area contributed by atoms with Gasteiger partial charge in [0.25, 0.3) is 11.8 Å². The summed E-state index contributed by atoms with van der Waals surface area (Å²) in [5.74, 6) is -2.54. The van der Waals surface area contributed by atoms with Crippen molar-refractivity contribution in [1.29, 1.82) is 0 Å². The van der Waals surface area contributed by atoms with Crippen molar-refractivity contribution in [3.8, 4) is 0 Å². The number of amides is 2. The first-order chi connectivity index (χ1) is 18.0. The van der Waals surface area contributed by atoms with Crippen molar-refractivity contribution in [3.05, 3.63) is 69.4 Å². The van der Waals surface area contributed by atoms with Crippen LogP contribution in [0.15, 0.2) is 46.9 Å². The molecule has 1 aliphatic carbocycles. The number of esters is 1. The zero-order valence-corrected chi connectivity index (χ0v) is 23.9. The van der Waals surface area contributed by atoms with Gasteiger partial charge in [0, 0.05) is 15.6 Å². The summed E-state index contributed by atoms with van der Waals surface area (Å²) in [5.41, 5.74) is -1.95. The highest BCUT2D eigenvalue weighted by Crippen LogP contribution is 2.43. The van der Waals surface area contributed by atoms with E-state index in [1.165, 1.54) is 24.3 Å². The molecule has 2 aromatic carbocycles. The van der Waals surface area contributed by atoms with Crippen molar-refractivity contribution in [2.24, 2.45) is 17.8 Å². The summed E-state index contributed by atoms with van der Waals surface area (Å²) in [4.78, 5) is 55.0. The Morgan fingerprint density at radius 2 is 1.89 bits per heavy atom. The van der Waals surface area contributed by atoms with Gasteiger partial charge in [0.05, 0.1) is 13.0 Å². The summed E-state index contributed by atoms with van der Waals surface area (Å²) < 4.78 is 21.3. The van der Waals surface area contributed by atoms with Gasteiger partial charge in [-0.15, -0.1) is 0 Å². The minimum atomic E-state index is -2.17. The van der Waals surface area contributed by atoms with Crippen molar-refractivity contribution in [1.82, 2.24) is 4.90 Å². The average molecular weight is 607 g/mol. The van der Waals surface area contributed by atoms with Crippen LogP contribution in [0.2, 0.25) is 0 Å². The second-order valence-corrected chi connectivity index (χ2v) is 12.0. The maximum Gasteiger partial charge on any atom is 0.327 e. The predicted octanol–water partition coefficient (Wildman–Crippen LogP) is 6.17. The molecule has 4 atom stereocenters. The molecule has 2 aromatic rings. The fourth-order valence-corrected chi connectivity index (χ4v) is 6.26. The zero-order valence-electron chi connectivity index (χ0n) is 21.5. The quantitative estimate of drug-likeness (QED) is 0.163. The third-order valence-electron chi connectivity index (χ3n) is 7.79. The summed E-state index contributed by atoms with van der Waals surface area (Å²) in [7, 11) is 0. The van der Waals surface area contributed by atoms with E-state index in [0.29, 0.717) is 16.8 Å². The first-order valence-electron chi connectivity index (χ1n) is 12.7. The smallest absolute Gasteiger partial charge is 0.327 e. The lowest BCUT2D eigenvalue weighted by molar-refractivity contribution is -0.169. The summed E-state index contributed by atoms with van der Waals surface area (Å²) >= 11 is 9.04. The van der Waals surface area contributed by atoms with Crippen LogP contribution in [-0.4, -0.2) is 34.0 Å². The van der Waals surface area contributed by atoms with Crippen LogP contribution in [-0.2, 0) is 31.1 Å². The molecule has 2 amide bonds. The molecule has 0 saturated heterocycles. The molecule has 0 unspecified atom stereocenters. The second kappa shape index (κ2) is 11.3. The number of hydrogen-bond acceptors (Lipinski definition) is 5. The molecule has 1 heterocycles. The number of carbonyl (C=O) groups is 4. The lowest BCUT2D eigenvalue weighted by Gasteiger charge is -2.42. The fourth-order valence-electron chi connectivity index (χ4n) is 5.73. The molecule has 0 N–H and O–H groups in total. The molecule has 2 aliphatic rings. The molecule has 0 spiro atoms. The Labute approximate surface area is 235 Å². The topological polar surface area (TPSA) is 80.8 Å². The van der Waals surface area contributed by atoms with Crippen LogP contribution in [0.25, 0.3) is 0 Å².